The maximum absolute atomic E-state index is 11.0. The van der Waals surface area contributed by atoms with Crippen LogP contribution in [0, 0.1) is 0 Å². The molecule has 1 aromatic rings. The van der Waals surface area contributed by atoms with E-state index in [-0.39, 0.29) is 0 Å². The average molecular weight is 265 g/mol. The molecule has 0 aliphatic heterocycles. The molecule has 1 aliphatic rings. The third-order valence-corrected chi connectivity index (χ3v) is 3.83. The van der Waals surface area contributed by atoms with Gasteiger partial charge in [0.2, 0.25) is 0 Å². The van der Waals surface area contributed by atoms with Crippen LogP contribution in [-0.4, -0.2) is 11.3 Å². The molecule has 0 heterocycles. The zero-order valence-electron chi connectivity index (χ0n) is 10.3. The van der Waals surface area contributed by atoms with Gasteiger partial charge in [0.15, 0.2) is 0 Å². The van der Waals surface area contributed by atoms with Crippen molar-refractivity contribution < 1.29 is 9.53 Å². The summed E-state index contributed by atoms with van der Waals surface area (Å²) in [5.74, 6) is 0.726. The van der Waals surface area contributed by atoms with Gasteiger partial charge in [0.25, 0.3) is 0 Å². The first-order chi connectivity index (χ1) is 8.69. The summed E-state index contributed by atoms with van der Waals surface area (Å²) in [6.45, 7) is 3.37. The second-order valence-corrected chi connectivity index (χ2v) is 5.26. The molecule has 0 unspecified atom stereocenters. The number of carbonyl (C=O) groups excluding carboxylic acids is 1. The summed E-state index contributed by atoms with van der Waals surface area (Å²) < 4.78 is 5.04. The number of halogens is 1. The van der Waals surface area contributed by atoms with Gasteiger partial charge in [-0.25, -0.2) is 4.79 Å². The van der Waals surface area contributed by atoms with Crippen LogP contribution in [0.5, 0.6) is 5.75 Å². The van der Waals surface area contributed by atoms with Crippen molar-refractivity contribution in [2.24, 2.45) is 0 Å². The summed E-state index contributed by atoms with van der Waals surface area (Å²) in [6, 6.07) is 7.74. The highest BCUT2D eigenvalue weighted by Gasteiger charge is 2.20. The highest BCUT2D eigenvalue weighted by molar-refractivity contribution is 6.20. The number of alkyl halides is 1. The minimum atomic E-state index is -0.426. The first kappa shape index (κ1) is 13.2. The molecular weight excluding hydrogens is 248 g/mol. The molecule has 2 rings (SSSR count). The van der Waals surface area contributed by atoms with Crippen LogP contribution < -0.4 is 4.74 Å². The lowest BCUT2D eigenvalue weighted by atomic mass is 9.84. The summed E-state index contributed by atoms with van der Waals surface area (Å²) in [7, 11) is 0. The van der Waals surface area contributed by atoms with E-state index in [2.05, 4.69) is 6.58 Å². The molecule has 0 radical (unpaired) electrons. The van der Waals surface area contributed by atoms with Gasteiger partial charge in [0, 0.05) is 11.5 Å². The molecule has 0 N–H and O–H groups in total. The Kier molecular flexibility index (Phi) is 4.43. The predicted molar refractivity (Wildman–Crippen MR) is 73.1 cm³/mol. The zero-order valence-corrected chi connectivity index (χ0v) is 11.0. The molecule has 0 atom stereocenters. The number of hydrogen-bond acceptors (Lipinski definition) is 2. The molecule has 1 saturated carbocycles. The normalized spacial score (nSPS) is 23.4. The average Bonchev–Trinajstić information content (AvgIpc) is 2.40. The Morgan fingerprint density at radius 2 is 1.83 bits per heavy atom. The molecule has 1 fully saturated rings. The van der Waals surface area contributed by atoms with Gasteiger partial charge in [0.05, 0.1) is 0 Å². The van der Waals surface area contributed by atoms with E-state index >= 15 is 0 Å². The van der Waals surface area contributed by atoms with Crippen LogP contribution in [0.1, 0.15) is 37.2 Å². The molecule has 1 aromatic carbocycles. The minimum absolute atomic E-state index is 0.342. The van der Waals surface area contributed by atoms with E-state index in [0.29, 0.717) is 17.0 Å². The Morgan fingerprint density at radius 1 is 1.22 bits per heavy atom. The minimum Gasteiger partial charge on any atom is -0.423 e. The third kappa shape index (κ3) is 3.36. The highest BCUT2D eigenvalue weighted by atomic mass is 35.5. The summed E-state index contributed by atoms with van der Waals surface area (Å²) in [6.07, 6.45) is 5.61. The molecule has 18 heavy (non-hydrogen) atoms. The number of esters is 1. The SMILES string of the molecule is C=CC(=O)Oc1ccc(C2CCC(Cl)CC2)cc1. The smallest absolute Gasteiger partial charge is 0.335 e. The topological polar surface area (TPSA) is 26.3 Å². The zero-order chi connectivity index (χ0) is 13.0. The van der Waals surface area contributed by atoms with Crippen LogP contribution in [0.3, 0.4) is 0 Å². The highest BCUT2D eigenvalue weighted by Crippen LogP contribution is 2.35. The van der Waals surface area contributed by atoms with Crippen molar-refractivity contribution in [2.45, 2.75) is 37.0 Å². The molecule has 96 valence electrons. The fraction of sp³-hybridized carbons (Fsp3) is 0.400. The van der Waals surface area contributed by atoms with Crippen molar-refractivity contribution in [1.29, 1.82) is 0 Å². The molecule has 1 aliphatic carbocycles. The van der Waals surface area contributed by atoms with Crippen molar-refractivity contribution in [2.75, 3.05) is 0 Å². The lowest BCUT2D eigenvalue weighted by molar-refractivity contribution is -0.128. The number of rotatable bonds is 3. The summed E-state index contributed by atoms with van der Waals surface area (Å²) >= 11 is 6.10. The monoisotopic (exact) mass is 264 g/mol. The molecule has 0 spiro atoms. The lowest BCUT2D eigenvalue weighted by Gasteiger charge is -2.25. The van der Waals surface area contributed by atoms with Gasteiger partial charge in [-0.3, -0.25) is 0 Å². The molecule has 2 nitrogen and oxygen atoms in total. The van der Waals surface area contributed by atoms with Gasteiger partial charge in [-0.1, -0.05) is 18.7 Å². The van der Waals surface area contributed by atoms with E-state index in [1.165, 1.54) is 5.56 Å². The second-order valence-electron chi connectivity index (χ2n) is 4.64. The maximum atomic E-state index is 11.0. The van der Waals surface area contributed by atoms with Crippen LogP contribution in [0.2, 0.25) is 0 Å². The lowest BCUT2D eigenvalue weighted by Crippen LogP contribution is -2.12. The van der Waals surface area contributed by atoms with Crippen molar-refractivity contribution in [3.63, 3.8) is 0 Å². The Balaban J connectivity index is 1.99. The fourth-order valence-electron chi connectivity index (χ4n) is 2.35. The summed E-state index contributed by atoms with van der Waals surface area (Å²) in [5.41, 5.74) is 1.30. The summed E-state index contributed by atoms with van der Waals surface area (Å²) in [4.78, 5) is 11.0. The number of carbonyl (C=O) groups is 1. The molecule has 3 heteroatoms. The molecule has 0 amide bonds. The van der Waals surface area contributed by atoms with Gasteiger partial charge < -0.3 is 4.74 Å². The standard InChI is InChI=1S/C15H17ClO2/c1-2-15(17)18-14-9-5-12(6-10-14)11-3-7-13(16)8-4-11/h2,5-6,9-11,13H,1,3-4,7-8H2. The Bertz CT molecular complexity index is 417. The molecule has 0 aromatic heterocycles. The van der Waals surface area contributed by atoms with Crippen molar-refractivity contribution >= 4 is 17.6 Å². The Labute approximate surface area is 113 Å². The van der Waals surface area contributed by atoms with Gasteiger partial charge in [-0.2, -0.15) is 0 Å². The van der Waals surface area contributed by atoms with Gasteiger partial charge in [0.1, 0.15) is 5.75 Å². The van der Waals surface area contributed by atoms with Gasteiger partial charge in [-0.15, -0.1) is 11.6 Å². The maximum Gasteiger partial charge on any atom is 0.335 e. The van der Waals surface area contributed by atoms with E-state index in [9.17, 15) is 4.79 Å². The van der Waals surface area contributed by atoms with E-state index in [1.807, 2.05) is 24.3 Å². The largest absolute Gasteiger partial charge is 0.423 e. The molecule has 0 saturated heterocycles. The first-order valence-corrected chi connectivity index (χ1v) is 6.71. The van der Waals surface area contributed by atoms with Gasteiger partial charge in [-0.05, 0) is 49.3 Å². The predicted octanol–water partition coefficient (Wildman–Crippen LogP) is 4.04. The van der Waals surface area contributed by atoms with Crippen LogP contribution in [0.25, 0.3) is 0 Å². The van der Waals surface area contributed by atoms with Crippen LogP contribution in [0.4, 0.5) is 0 Å². The Hall–Kier alpha value is -1.28. The van der Waals surface area contributed by atoms with E-state index in [4.69, 9.17) is 16.3 Å². The number of ether oxygens (including phenoxy) is 1. The van der Waals surface area contributed by atoms with E-state index in [0.717, 1.165) is 31.8 Å². The van der Waals surface area contributed by atoms with Crippen molar-refractivity contribution in [1.82, 2.24) is 0 Å². The van der Waals surface area contributed by atoms with Crippen LogP contribution >= 0.6 is 11.6 Å². The fourth-order valence-corrected chi connectivity index (χ4v) is 2.60. The van der Waals surface area contributed by atoms with E-state index in [1.54, 1.807) is 0 Å². The second kappa shape index (κ2) is 6.05. The number of hydrogen-bond donors (Lipinski definition) is 0. The number of benzene rings is 1. The molecular formula is C15H17ClO2. The summed E-state index contributed by atoms with van der Waals surface area (Å²) in [5, 5.41) is 0.342. The first-order valence-electron chi connectivity index (χ1n) is 6.27. The third-order valence-electron chi connectivity index (χ3n) is 3.39. The Morgan fingerprint density at radius 3 is 2.39 bits per heavy atom. The van der Waals surface area contributed by atoms with Crippen LogP contribution in [-0.2, 0) is 4.79 Å². The quantitative estimate of drug-likeness (QED) is 0.356. The van der Waals surface area contributed by atoms with E-state index < -0.39 is 5.97 Å². The van der Waals surface area contributed by atoms with Crippen LogP contribution in [0.15, 0.2) is 36.9 Å². The van der Waals surface area contributed by atoms with Gasteiger partial charge >= 0.3 is 5.97 Å². The molecule has 0 bridgehead atoms. The van der Waals surface area contributed by atoms with Crippen molar-refractivity contribution in [3.8, 4) is 5.75 Å². The van der Waals surface area contributed by atoms with Crippen molar-refractivity contribution in [3.05, 3.63) is 42.5 Å².